The number of aryl methyl sites for hydroxylation is 1. The van der Waals surface area contributed by atoms with Crippen molar-refractivity contribution in [1.82, 2.24) is 35.9 Å². The number of rotatable bonds is 19. The minimum absolute atomic E-state index is 0.0542. The molecule has 288 valence electrons. The summed E-state index contributed by atoms with van der Waals surface area (Å²) in [7, 11) is 1.24. The number of hydrogen-bond acceptors (Lipinski definition) is 9. The summed E-state index contributed by atoms with van der Waals surface area (Å²) in [6.07, 6.45) is -0.299. The molecule has 4 N–H and O–H groups in total. The van der Waals surface area contributed by atoms with Crippen molar-refractivity contribution in [3.8, 4) is 0 Å². The zero-order chi connectivity index (χ0) is 38.5. The number of nitrogens with one attached hydrogen (secondary N) is 3. The average Bonchev–Trinajstić information content (AvgIpc) is 3.74. The fourth-order valence-corrected chi connectivity index (χ4v) is 7.06. The summed E-state index contributed by atoms with van der Waals surface area (Å²) in [6, 6.07) is 16.4. The smallest absolute Gasteiger partial charge is 0.407 e. The molecule has 1 aliphatic rings. The Morgan fingerprint density at radius 1 is 0.943 bits per heavy atom. The fourth-order valence-electron chi connectivity index (χ4n) is 6.45. The maximum Gasteiger partial charge on any atom is 0.407 e. The van der Waals surface area contributed by atoms with E-state index in [4.69, 9.17) is 4.74 Å². The maximum absolute atomic E-state index is 14.4. The quantitative estimate of drug-likeness (QED) is 0.131. The highest BCUT2D eigenvalue weighted by Crippen LogP contribution is 2.23. The molecule has 6 atom stereocenters. The molecule has 0 radical (unpaired) electrons. The zero-order valence-electron chi connectivity index (χ0n) is 31.7. The minimum Gasteiger partial charge on any atom is -0.453 e. The van der Waals surface area contributed by atoms with Crippen LogP contribution in [0.4, 0.5) is 9.59 Å². The second-order valence-electron chi connectivity index (χ2n) is 13.8. The Labute approximate surface area is 317 Å². The molecule has 3 aromatic rings. The van der Waals surface area contributed by atoms with Gasteiger partial charge in [0.2, 0.25) is 5.91 Å². The normalized spacial score (nSPS) is 16.4. The van der Waals surface area contributed by atoms with Crippen molar-refractivity contribution in [2.75, 3.05) is 26.7 Å². The number of aliphatic hydroxyl groups excluding tert-OH is 1. The van der Waals surface area contributed by atoms with Crippen LogP contribution in [0.25, 0.3) is 0 Å². The maximum atomic E-state index is 14.4. The molecule has 0 bridgehead atoms. The van der Waals surface area contributed by atoms with Crippen LogP contribution in [0.3, 0.4) is 0 Å². The van der Waals surface area contributed by atoms with Gasteiger partial charge in [0.25, 0.3) is 5.91 Å². The molecule has 1 aliphatic heterocycles. The highest BCUT2D eigenvalue weighted by atomic mass is 32.1. The van der Waals surface area contributed by atoms with Crippen LogP contribution in [0, 0.1) is 18.8 Å². The number of thiazole rings is 1. The summed E-state index contributed by atoms with van der Waals surface area (Å²) >= 11 is 1.53. The highest BCUT2D eigenvalue weighted by Gasteiger charge is 2.41. The lowest BCUT2D eigenvalue weighted by molar-refractivity contribution is -0.132. The Morgan fingerprint density at radius 2 is 1.58 bits per heavy atom. The average molecular weight is 750 g/mol. The first-order valence-electron chi connectivity index (χ1n) is 18.4. The van der Waals surface area contributed by atoms with Crippen LogP contribution < -0.4 is 16.1 Å². The van der Waals surface area contributed by atoms with Gasteiger partial charge in [0.1, 0.15) is 12.1 Å². The topological polar surface area (TPSA) is 156 Å². The van der Waals surface area contributed by atoms with Crippen molar-refractivity contribution in [1.29, 1.82) is 0 Å². The molecule has 0 saturated carbocycles. The Balaban J connectivity index is 1.58. The second kappa shape index (κ2) is 20.1. The van der Waals surface area contributed by atoms with E-state index < -0.39 is 36.2 Å². The first-order valence-corrected chi connectivity index (χ1v) is 19.2. The van der Waals surface area contributed by atoms with Crippen molar-refractivity contribution in [3.05, 3.63) is 87.9 Å². The third-order valence-corrected chi connectivity index (χ3v) is 10.7. The summed E-state index contributed by atoms with van der Waals surface area (Å²) in [6.45, 7) is 11.1. The standard InChI is InChI=1S/C39H55N7O6S/c1-7-26(3)34(42-38(50)52-6)36(48)43-45(22-30-17-13-10-14-18-30)24-33(47)32(21-29-15-11-9-12-16-29)41-37(49)35(27(4)8-2)46-20-19-44(39(46)51)23-31-25-53-28(5)40-31/h9-18,25-27,32-35,47H,7-8,19-24H2,1-6H3,(H,41,49)(H,42,50)(H,43,48)/t26-,27-,32-,33-,34-,35-/m0/s1. The van der Waals surface area contributed by atoms with E-state index in [0.29, 0.717) is 38.9 Å². The molecular formula is C39H55N7O6S. The van der Waals surface area contributed by atoms with Crippen LogP contribution in [0.2, 0.25) is 0 Å². The third-order valence-electron chi connectivity index (χ3n) is 9.87. The molecule has 1 aromatic heterocycles. The van der Waals surface area contributed by atoms with Crippen molar-refractivity contribution >= 4 is 35.3 Å². The van der Waals surface area contributed by atoms with E-state index in [-0.39, 0.29) is 36.9 Å². The van der Waals surface area contributed by atoms with E-state index in [1.165, 1.54) is 18.4 Å². The predicted molar refractivity (Wildman–Crippen MR) is 204 cm³/mol. The molecule has 0 aliphatic carbocycles. The number of methoxy groups -OCH3 is 1. The third kappa shape index (κ3) is 11.7. The van der Waals surface area contributed by atoms with Crippen LogP contribution in [0.15, 0.2) is 66.0 Å². The summed E-state index contributed by atoms with van der Waals surface area (Å²) in [4.78, 5) is 61.9. The van der Waals surface area contributed by atoms with Crippen LogP contribution in [0.5, 0.6) is 0 Å². The first kappa shape index (κ1) is 41.2. The van der Waals surface area contributed by atoms with Crippen molar-refractivity contribution in [2.45, 2.75) is 91.2 Å². The molecule has 2 aromatic carbocycles. The Bertz CT molecular complexity index is 1630. The number of carbonyl (C=O) groups excluding carboxylic acids is 4. The largest absolute Gasteiger partial charge is 0.453 e. The van der Waals surface area contributed by atoms with Gasteiger partial charge in [-0.1, -0.05) is 101 Å². The van der Waals surface area contributed by atoms with Gasteiger partial charge in [-0.2, -0.15) is 0 Å². The van der Waals surface area contributed by atoms with Gasteiger partial charge in [0.05, 0.1) is 36.5 Å². The molecule has 13 nitrogen and oxygen atoms in total. The number of carbonyl (C=O) groups is 4. The van der Waals surface area contributed by atoms with Crippen LogP contribution in [-0.4, -0.2) is 99.8 Å². The van der Waals surface area contributed by atoms with Gasteiger partial charge in [-0.05, 0) is 36.3 Å². The lowest BCUT2D eigenvalue weighted by Crippen LogP contribution is -2.59. The van der Waals surface area contributed by atoms with Gasteiger partial charge in [-0.15, -0.1) is 11.3 Å². The summed E-state index contributed by atoms with van der Waals surface area (Å²) < 4.78 is 4.78. The van der Waals surface area contributed by atoms with Crippen LogP contribution in [-0.2, 0) is 33.8 Å². The number of urea groups is 1. The Morgan fingerprint density at radius 3 is 2.17 bits per heavy atom. The molecule has 4 rings (SSSR count). The number of aliphatic hydroxyl groups is 1. The second-order valence-corrected chi connectivity index (χ2v) is 14.9. The number of nitrogens with zero attached hydrogens (tertiary/aromatic N) is 4. The Hall–Kier alpha value is -4.53. The molecular weight excluding hydrogens is 695 g/mol. The van der Waals surface area contributed by atoms with E-state index in [1.807, 2.05) is 101 Å². The summed E-state index contributed by atoms with van der Waals surface area (Å²) in [5.74, 6) is -1.19. The SMILES string of the molecule is CC[C@H](C)[C@H](NC(=O)OC)C(=O)NN(Cc1ccccc1)C[C@H](O)[C@H](Cc1ccccc1)NC(=O)[C@H]([C@@H](C)CC)N1CCN(Cc2csc(C)n2)C1=O. The molecule has 2 heterocycles. The Kier molecular flexibility index (Phi) is 15.6. The van der Waals surface area contributed by atoms with Gasteiger partial charge in [0, 0.05) is 31.6 Å². The van der Waals surface area contributed by atoms with Crippen LogP contribution in [0.1, 0.15) is 62.4 Å². The molecule has 5 amide bonds. The minimum atomic E-state index is -1.16. The number of benzene rings is 2. The van der Waals surface area contributed by atoms with Gasteiger partial charge >= 0.3 is 12.1 Å². The van der Waals surface area contributed by atoms with Gasteiger partial charge in [-0.25, -0.2) is 19.6 Å². The predicted octanol–water partition coefficient (Wildman–Crippen LogP) is 4.50. The van der Waals surface area contributed by atoms with E-state index in [1.54, 1.807) is 14.8 Å². The summed E-state index contributed by atoms with van der Waals surface area (Å²) in [5, 5.41) is 22.2. The number of aromatic nitrogens is 1. The lowest BCUT2D eigenvalue weighted by atomic mass is 9.95. The molecule has 53 heavy (non-hydrogen) atoms. The number of ether oxygens (including phenoxy) is 1. The molecule has 0 unspecified atom stereocenters. The van der Waals surface area contributed by atoms with E-state index >= 15 is 0 Å². The van der Waals surface area contributed by atoms with Crippen molar-refractivity contribution in [2.24, 2.45) is 11.8 Å². The fraction of sp³-hybridized carbons (Fsp3) is 0.513. The molecule has 0 spiro atoms. The first-order chi connectivity index (χ1) is 25.4. The monoisotopic (exact) mass is 749 g/mol. The highest BCUT2D eigenvalue weighted by molar-refractivity contribution is 7.09. The number of hydrogen-bond donors (Lipinski definition) is 4. The van der Waals surface area contributed by atoms with E-state index in [2.05, 4.69) is 21.0 Å². The van der Waals surface area contributed by atoms with Gasteiger partial charge in [0.15, 0.2) is 0 Å². The molecule has 14 heteroatoms. The summed E-state index contributed by atoms with van der Waals surface area (Å²) in [5.41, 5.74) is 5.53. The number of hydrazine groups is 1. The van der Waals surface area contributed by atoms with E-state index in [9.17, 15) is 24.3 Å². The zero-order valence-corrected chi connectivity index (χ0v) is 32.5. The van der Waals surface area contributed by atoms with Gasteiger partial charge < -0.3 is 30.3 Å². The number of amides is 5. The van der Waals surface area contributed by atoms with Crippen molar-refractivity contribution < 1.29 is 29.0 Å². The molecule has 1 fully saturated rings. The lowest BCUT2D eigenvalue weighted by Gasteiger charge is -2.35. The van der Waals surface area contributed by atoms with Crippen LogP contribution >= 0.6 is 11.3 Å². The number of alkyl carbamates (subject to hydrolysis) is 1. The van der Waals surface area contributed by atoms with E-state index in [0.717, 1.165) is 21.8 Å². The van der Waals surface area contributed by atoms with Crippen molar-refractivity contribution in [3.63, 3.8) is 0 Å². The molecule has 1 saturated heterocycles. The van der Waals surface area contributed by atoms with Gasteiger partial charge in [-0.3, -0.25) is 15.0 Å².